The van der Waals surface area contributed by atoms with Gasteiger partial charge >= 0.3 is 5.97 Å². The summed E-state index contributed by atoms with van der Waals surface area (Å²) in [4.78, 5) is 28.3. The fourth-order valence-electron chi connectivity index (χ4n) is 3.97. The van der Waals surface area contributed by atoms with Crippen LogP contribution in [-0.4, -0.2) is 35.7 Å². The highest BCUT2D eigenvalue weighted by atomic mass is 79.9. The number of halogens is 1. The standard InChI is InChI=1S/C30H37BrN2O6/c1-19(2)37-29(32-18-34)25-17-24(12-10-21(25)11-13-27(35)39-30(4,5)6)36-15-14-26-20(3)38-28(33-26)22-8-7-9-23(31)16-22/h7-10,12,16-19,29H,11,13-15H2,1-6H3,(H,32,34). The number of nitrogens with zero attached hydrogens (tertiary/aromatic N) is 1. The zero-order chi connectivity index (χ0) is 28.6. The van der Waals surface area contributed by atoms with Crippen molar-refractivity contribution in [1.82, 2.24) is 10.3 Å². The number of carbonyl (C=O) groups excluding carboxylic acids is 2. The Labute approximate surface area is 238 Å². The molecule has 3 rings (SSSR count). The van der Waals surface area contributed by atoms with Crippen LogP contribution in [0, 0.1) is 6.92 Å². The van der Waals surface area contributed by atoms with Crippen molar-refractivity contribution >= 4 is 28.3 Å². The van der Waals surface area contributed by atoms with Crippen LogP contribution in [0.25, 0.3) is 11.5 Å². The summed E-state index contributed by atoms with van der Waals surface area (Å²) in [5.74, 6) is 1.63. The molecule has 8 nitrogen and oxygen atoms in total. The Kier molecular flexibility index (Phi) is 10.7. The molecule has 1 amide bonds. The maximum Gasteiger partial charge on any atom is 0.306 e. The van der Waals surface area contributed by atoms with Gasteiger partial charge in [0, 0.05) is 28.4 Å². The van der Waals surface area contributed by atoms with Gasteiger partial charge in [0.1, 0.15) is 17.1 Å². The van der Waals surface area contributed by atoms with Gasteiger partial charge in [0.05, 0.1) is 18.4 Å². The third-order valence-corrected chi connectivity index (χ3v) is 6.11. The van der Waals surface area contributed by atoms with E-state index in [0.29, 0.717) is 37.5 Å². The predicted octanol–water partition coefficient (Wildman–Crippen LogP) is 6.48. The lowest BCUT2D eigenvalue weighted by Crippen LogP contribution is -2.27. The first kappa shape index (κ1) is 30.4. The van der Waals surface area contributed by atoms with Crippen molar-refractivity contribution in [3.8, 4) is 17.2 Å². The maximum absolute atomic E-state index is 12.3. The van der Waals surface area contributed by atoms with Crippen LogP contribution in [-0.2, 0) is 31.9 Å². The van der Waals surface area contributed by atoms with E-state index in [1.807, 2.05) is 84.0 Å². The normalized spacial score (nSPS) is 12.3. The molecule has 0 aliphatic rings. The molecule has 0 bridgehead atoms. The Morgan fingerprint density at radius 3 is 2.59 bits per heavy atom. The van der Waals surface area contributed by atoms with Crippen molar-refractivity contribution in [2.75, 3.05) is 6.61 Å². The number of rotatable bonds is 13. The number of carbonyl (C=O) groups is 2. The summed E-state index contributed by atoms with van der Waals surface area (Å²) < 4.78 is 24.3. The number of esters is 1. The Bertz CT molecular complexity index is 1260. The number of amides is 1. The Hall–Kier alpha value is -3.17. The second-order valence-electron chi connectivity index (χ2n) is 10.4. The minimum absolute atomic E-state index is 0.139. The van der Waals surface area contributed by atoms with Gasteiger partial charge in [-0.25, -0.2) is 4.98 Å². The minimum atomic E-state index is -0.690. The van der Waals surface area contributed by atoms with Crippen molar-refractivity contribution in [3.63, 3.8) is 0 Å². The summed E-state index contributed by atoms with van der Waals surface area (Å²) in [5.41, 5.74) is 2.75. The summed E-state index contributed by atoms with van der Waals surface area (Å²) in [6.45, 7) is 11.6. The van der Waals surface area contributed by atoms with Crippen LogP contribution in [0.3, 0.4) is 0 Å². The van der Waals surface area contributed by atoms with E-state index < -0.39 is 11.8 Å². The average Bonchev–Trinajstić information content (AvgIpc) is 3.22. The van der Waals surface area contributed by atoms with Gasteiger partial charge in [-0.3, -0.25) is 9.59 Å². The van der Waals surface area contributed by atoms with Crippen molar-refractivity contribution in [1.29, 1.82) is 0 Å². The number of benzene rings is 2. The summed E-state index contributed by atoms with van der Waals surface area (Å²) in [7, 11) is 0. The lowest BCUT2D eigenvalue weighted by atomic mass is 10.0. The summed E-state index contributed by atoms with van der Waals surface area (Å²) in [6, 6.07) is 13.4. The van der Waals surface area contributed by atoms with E-state index in [-0.39, 0.29) is 18.5 Å². The first-order valence-electron chi connectivity index (χ1n) is 13.0. The fourth-order valence-corrected chi connectivity index (χ4v) is 4.37. The average molecular weight is 602 g/mol. The number of aromatic nitrogens is 1. The van der Waals surface area contributed by atoms with Crippen LogP contribution in [0.15, 0.2) is 51.4 Å². The second-order valence-corrected chi connectivity index (χ2v) is 11.3. The van der Waals surface area contributed by atoms with Crippen LogP contribution >= 0.6 is 15.9 Å². The Morgan fingerprint density at radius 2 is 1.92 bits per heavy atom. The number of ether oxygens (including phenoxy) is 3. The molecule has 39 heavy (non-hydrogen) atoms. The molecule has 9 heteroatoms. The molecule has 2 aromatic carbocycles. The van der Waals surface area contributed by atoms with Gasteiger partial charge < -0.3 is 23.9 Å². The Morgan fingerprint density at radius 1 is 1.15 bits per heavy atom. The molecule has 1 heterocycles. The van der Waals surface area contributed by atoms with Crippen molar-refractivity contribution in [2.45, 2.75) is 78.7 Å². The third-order valence-electron chi connectivity index (χ3n) is 5.62. The van der Waals surface area contributed by atoms with Crippen LogP contribution in [0.5, 0.6) is 5.75 Å². The van der Waals surface area contributed by atoms with Gasteiger partial charge in [0.2, 0.25) is 12.3 Å². The molecule has 3 aromatic rings. The molecule has 1 N–H and O–H groups in total. The highest BCUT2D eigenvalue weighted by molar-refractivity contribution is 9.10. The number of hydrogen-bond acceptors (Lipinski definition) is 7. The highest BCUT2D eigenvalue weighted by Gasteiger charge is 2.21. The van der Waals surface area contributed by atoms with E-state index in [2.05, 4.69) is 26.2 Å². The SMILES string of the molecule is Cc1oc(-c2cccc(Br)c2)nc1CCOc1ccc(CCC(=O)OC(C)(C)C)c(C(NC=O)OC(C)C)c1. The maximum atomic E-state index is 12.3. The van der Waals surface area contributed by atoms with E-state index in [9.17, 15) is 9.59 Å². The van der Waals surface area contributed by atoms with Gasteiger partial charge in [0.15, 0.2) is 6.23 Å². The molecule has 0 fully saturated rings. The minimum Gasteiger partial charge on any atom is -0.493 e. The first-order chi connectivity index (χ1) is 18.4. The monoisotopic (exact) mass is 600 g/mol. The second kappa shape index (κ2) is 13.8. The fraction of sp³-hybridized carbons (Fsp3) is 0.433. The molecule has 0 aliphatic carbocycles. The molecule has 0 radical (unpaired) electrons. The van der Waals surface area contributed by atoms with E-state index in [0.717, 1.165) is 32.6 Å². The number of hydrogen-bond donors (Lipinski definition) is 1. The topological polar surface area (TPSA) is 99.9 Å². The van der Waals surface area contributed by atoms with Gasteiger partial charge in [-0.15, -0.1) is 0 Å². The lowest BCUT2D eigenvalue weighted by Gasteiger charge is -2.24. The van der Waals surface area contributed by atoms with Crippen LogP contribution in [0.2, 0.25) is 0 Å². The number of oxazole rings is 1. The number of nitrogens with one attached hydrogen (secondary N) is 1. The lowest BCUT2D eigenvalue weighted by molar-refractivity contribution is -0.154. The van der Waals surface area contributed by atoms with Gasteiger partial charge in [-0.1, -0.05) is 28.1 Å². The molecular weight excluding hydrogens is 564 g/mol. The van der Waals surface area contributed by atoms with Crippen LogP contribution in [0.1, 0.15) is 69.8 Å². The summed E-state index contributed by atoms with van der Waals surface area (Å²) in [5, 5.41) is 2.74. The number of aryl methyl sites for hydroxylation is 2. The van der Waals surface area contributed by atoms with E-state index in [1.165, 1.54) is 0 Å². The highest BCUT2D eigenvalue weighted by Crippen LogP contribution is 2.28. The van der Waals surface area contributed by atoms with Crippen molar-refractivity contribution in [2.24, 2.45) is 0 Å². The molecule has 210 valence electrons. The summed E-state index contributed by atoms with van der Waals surface area (Å²) in [6.07, 6.45) is 0.961. The molecular formula is C30H37BrN2O6. The van der Waals surface area contributed by atoms with Crippen LogP contribution in [0.4, 0.5) is 0 Å². The molecule has 0 saturated heterocycles. The first-order valence-corrected chi connectivity index (χ1v) is 13.8. The largest absolute Gasteiger partial charge is 0.493 e. The Balaban J connectivity index is 1.74. The zero-order valence-electron chi connectivity index (χ0n) is 23.4. The predicted molar refractivity (Wildman–Crippen MR) is 152 cm³/mol. The molecule has 1 aromatic heterocycles. The third kappa shape index (κ3) is 9.51. The van der Waals surface area contributed by atoms with Crippen molar-refractivity contribution in [3.05, 3.63) is 69.5 Å². The zero-order valence-corrected chi connectivity index (χ0v) is 25.0. The molecule has 0 aliphatic heterocycles. The van der Waals surface area contributed by atoms with Crippen molar-refractivity contribution < 1.29 is 28.2 Å². The molecule has 0 saturated carbocycles. The van der Waals surface area contributed by atoms with E-state index in [1.54, 1.807) is 0 Å². The van der Waals surface area contributed by atoms with Gasteiger partial charge in [-0.2, -0.15) is 0 Å². The van der Waals surface area contributed by atoms with Crippen LogP contribution < -0.4 is 10.1 Å². The summed E-state index contributed by atoms with van der Waals surface area (Å²) >= 11 is 3.48. The van der Waals surface area contributed by atoms with Gasteiger partial charge in [-0.05, 0) is 83.9 Å². The molecule has 1 unspecified atom stereocenters. The quantitative estimate of drug-likeness (QED) is 0.136. The van der Waals surface area contributed by atoms with Gasteiger partial charge in [0.25, 0.3) is 0 Å². The molecule has 1 atom stereocenters. The molecule has 0 spiro atoms. The van der Waals surface area contributed by atoms with E-state index >= 15 is 0 Å². The smallest absolute Gasteiger partial charge is 0.306 e. The van der Waals surface area contributed by atoms with E-state index in [4.69, 9.17) is 18.6 Å².